The van der Waals surface area contributed by atoms with Crippen molar-refractivity contribution in [2.75, 3.05) is 19.0 Å². The standard InChI is InChI=1S/C19H20N4O3/c1-25-15-5-2-4-14(12-15)9-10-20-19(24)17-7-8-18(23-22-17)21-13-16-6-3-11-26-16/h2-8,11-12H,9-10,13H2,1H3,(H,20,24)(H,21,23). The molecule has 1 aromatic carbocycles. The highest BCUT2D eigenvalue weighted by Crippen LogP contribution is 2.12. The maximum atomic E-state index is 12.1. The number of carbonyl (C=O) groups is 1. The molecule has 0 aliphatic heterocycles. The Hall–Kier alpha value is -3.35. The van der Waals surface area contributed by atoms with Crippen LogP contribution in [0.15, 0.2) is 59.2 Å². The Morgan fingerprint density at radius 2 is 2.08 bits per heavy atom. The minimum Gasteiger partial charge on any atom is -0.497 e. The second-order valence-corrected chi connectivity index (χ2v) is 5.59. The van der Waals surface area contributed by atoms with Gasteiger partial charge in [0.2, 0.25) is 0 Å². The molecule has 0 saturated heterocycles. The van der Waals surface area contributed by atoms with Crippen molar-refractivity contribution in [1.82, 2.24) is 15.5 Å². The summed E-state index contributed by atoms with van der Waals surface area (Å²) in [5.41, 5.74) is 1.37. The molecule has 0 fully saturated rings. The fourth-order valence-electron chi connectivity index (χ4n) is 2.38. The average molecular weight is 352 g/mol. The fourth-order valence-corrected chi connectivity index (χ4v) is 2.38. The number of rotatable bonds is 8. The third kappa shape index (κ3) is 4.83. The first-order valence-electron chi connectivity index (χ1n) is 8.26. The first-order valence-corrected chi connectivity index (χ1v) is 8.26. The van der Waals surface area contributed by atoms with Crippen LogP contribution in [0.5, 0.6) is 5.75 Å². The molecule has 0 aliphatic rings. The van der Waals surface area contributed by atoms with Crippen molar-refractivity contribution in [2.45, 2.75) is 13.0 Å². The maximum absolute atomic E-state index is 12.1. The van der Waals surface area contributed by atoms with E-state index in [1.54, 1.807) is 25.5 Å². The Bertz CT molecular complexity index is 832. The van der Waals surface area contributed by atoms with Gasteiger partial charge in [-0.25, -0.2) is 0 Å². The smallest absolute Gasteiger partial charge is 0.271 e. The summed E-state index contributed by atoms with van der Waals surface area (Å²) in [6.07, 6.45) is 2.32. The maximum Gasteiger partial charge on any atom is 0.271 e. The van der Waals surface area contributed by atoms with Crippen molar-refractivity contribution in [3.05, 3.63) is 71.8 Å². The van der Waals surface area contributed by atoms with Crippen molar-refractivity contribution in [1.29, 1.82) is 0 Å². The Kier molecular flexibility index (Phi) is 5.82. The molecular formula is C19H20N4O3. The molecule has 1 amide bonds. The molecule has 2 aromatic heterocycles. The van der Waals surface area contributed by atoms with Gasteiger partial charge in [-0.3, -0.25) is 4.79 Å². The number of ether oxygens (including phenoxy) is 1. The topological polar surface area (TPSA) is 89.3 Å². The molecule has 3 aromatic rings. The molecule has 2 heterocycles. The number of hydrogen-bond acceptors (Lipinski definition) is 6. The minimum absolute atomic E-state index is 0.252. The number of amides is 1. The van der Waals surface area contributed by atoms with Gasteiger partial charge >= 0.3 is 0 Å². The second-order valence-electron chi connectivity index (χ2n) is 5.59. The number of hydrogen-bond donors (Lipinski definition) is 2. The van der Waals surface area contributed by atoms with E-state index in [0.717, 1.165) is 17.1 Å². The summed E-state index contributed by atoms with van der Waals surface area (Å²) >= 11 is 0. The number of carbonyl (C=O) groups excluding carboxylic acids is 1. The summed E-state index contributed by atoms with van der Waals surface area (Å²) in [6, 6.07) is 14.8. The first-order chi connectivity index (χ1) is 12.7. The van der Waals surface area contributed by atoms with Gasteiger partial charge in [-0.1, -0.05) is 12.1 Å². The molecule has 134 valence electrons. The Morgan fingerprint density at radius 3 is 2.81 bits per heavy atom. The number of furan rings is 1. The largest absolute Gasteiger partial charge is 0.497 e. The number of methoxy groups -OCH3 is 1. The molecule has 0 radical (unpaired) electrons. The highest BCUT2D eigenvalue weighted by molar-refractivity contribution is 5.92. The fraction of sp³-hybridized carbons (Fsp3) is 0.211. The van der Waals surface area contributed by atoms with Gasteiger partial charge in [0.25, 0.3) is 5.91 Å². The molecule has 0 atom stereocenters. The van der Waals surface area contributed by atoms with Gasteiger partial charge in [-0.15, -0.1) is 10.2 Å². The Balaban J connectivity index is 1.46. The molecule has 7 nitrogen and oxygen atoms in total. The molecule has 2 N–H and O–H groups in total. The van der Waals surface area contributed by atoms with E-state index < -0.39 is 0 Å². The summed E-state index contributed by atoms with van der Waals surface area (Å²) < 4.78 is 10.4. The van der Waals surface area contributed by atoms with Gasteiger partial charge in [0.1, 0.15) is 17.3 Å². The monoisotopic (exact) mass is 352 g/mol. The molecule has 7 heteroatoms. The summed E-state index contributed by atoms with van der Waals surface area (Å²) in [6.45, 7) is 1.01. The first kappa shape index (κ1) is 17.5. The van der Waals surface area contributed by atoms with Crippen molar-refractivity contribution < 1.29 is 13.9 Å². The number of aromatic nitrogens is 2. The van der Waals surface area contributed by atoms with Gasteiger partial charge in [0, 0.05) is 6.54 Å². The van der Waals surface area contributed by atoms with E-state index >= 15 is 0 Å². The molecule has 0 spiro atoms. The molecule has 26 heavy (non-hydrogen) atoms. The normalized spacial score (nSPS) is 10.3. The van der Waals surface area contributed by atoms with E-state index in [9.17, 15) is 4.79 Å². The lowest BCUT2D eigenvalue weighted by Crippen LogP contribution is -2.26. The molecule has 0 saturated carbocycles. The van der Waals surface area contributed by atoms with Crippen LogP contribution in [0.4, 0.5) is 5.82 Å². The number of nitrogens with one attached hydrogen (secondary N) is 2. The third-order valence-corrected chi connectivity index (χ3v) is 3.75. The Labute approximate surface area is 151 Å². The van der Waals surface area contributed by atoms with Gasteiger partial charge in [-0.2, -0.15) is 0 Å². The SMILES string of the molecule is COc1cccc(CCNC(=O)c2ccc(NCc3ccco3)nn2)c1. The lowest BCUT2D eigenvalue weighted by molar-refractivity contribution is 0.0948. The van der Waals surface area contributed by atoms with Crippen LogP contribution >= 0.6 is 0 Å². The number of anilines is 1. The van der Waals surface area contributed by atoms with Gasteiger partial charge in [0.15, 0.2) is 5.69 Å². The quantitative estimate of drug-likeness (QED) is 0.648. The van der Waals surface area contributed by atoms with E-state index in [1.165, 1.54) is 0 Å². The van der Waals surface area contributed by atoms with Crippen molar-refractivity contribution in [2.24, 2.45) is 0 Å². The molecular weight excluding hydrogens is 332 g/mol. The summed E-state index contributed by atoms with van der Waals surface area (Å²) in [4.78, 5) is 12.1. The highest BCUT2D eigenvalue weighted by atomic mass is 16.5. The van der Waals surface area contributed by atoms with Gasteiger partial charge < -0.3 is 19.8 Å². The number of nitrogens with zero attached hydrogens (tertiary/aromatic N) is 2. The van der Waals surface area contributed by atoms with Gasteiger partial charge in [-0.05, 0) is 48.4 Å². The predicted molar refractivity (Wildman–Crippen MR) is 97.1 cm³/mol. The highest BCUT2D eigenvalue weighted by Gasteiger charge is 2.08. The van der Waals surface area contributed by atoms with Crippen LogP contribution in [0.3, 0.4) is 0 Å². The van der Waals surface area contributed by atoms with E-state index in [-0.39, 0.29) is 11.6 Å². The van der Waals surface area contributed by atoms with Gasteiger partial charge in [0.05, 0.1) is 19.9 Å². The lowest BCUT2D eigenvalue weighted by Gasteiger charge is -2.07. The average Bonchev–Trinajstić information content (AvgIpc) is 3.20. The Morgan fingerprint density at radius 1 is 1.15 bits per heavy atom. The summed E-state index contributed by atoms with van der Waals surface area (Å²) in [7, 11) is 1.63. The summed E-state index contributed by atoms with van der Waals surface area (Å²) in [5.74, 6) is 1.93. The van der Waals surface area contributed by atoms with Crippen LogP contribution in [0.2, 0.25) is 0 Å². The van der Waals surface area contributed by atoms with Crippen LogP contribution in [-0.4, -0.2) is 29.8 Å². The van der Waals surface area contributed by atoms with E-state index in [4.69, 9.17) is 9.15 Å². The zero-order valence-corrected chi connectivity index (χ0v) is 14.4. The second kappa shape index (κ2) is 8.66. The number of benzene rings is 1. The molecule has 3 rings (SSSR count). The molecule has 0 aliphatic carbocycles. The van der Waals surface area contributed by atoms with Crippen LogP contribution in [0.25, 0.3) is 0 Å². The van der Waals surface area contributed by atoms with Crippen LogP contribution in [-0.2, 0) is 13.0 Å². The zero-order valence-electron chi connectivity index (χ0n) is 14.4. The van der Waals surface area contributed by atoms with E-state index in [2.05, 4.69) is 20.8 Å². The third-order valence-electron chi connectivity index (χ3n) is 3.75. The molecule has 0 unspecified atom stereocenters. The summed E-state index contributed by atoms with van der Waals surface area (Å²) in [5, 5.41) is 13.9. The predicted octanol–water partition coefficient (Wildman–Crippen LogP) is 2.66. The molecule has 0 bridgehead atoms. The van der Waals surface area contributed by atoms with Crippen LogP contribution < -0.4 is 15.4 Å². The van der Waals surface area contributed by atoms with Crippen molar-refractivity contribution in [3.63, 3.8) is 0 Å². The zero-order chi connectivity index (χ0) is 18.2. The van der Waals surface area contributed by atoms with E-state index in [0.29, 0.717) is 25.3 Å². The van der Waals surface area contributed by atoms with Crippen LogP contribution in [0.1, 0.15) is 21.8 Å². The van der Waals surface area contributed by atoms with Crippen LogP contribution in [0, 0.1) is 0 Å². The van der Waals surface area contributed by atoms with E-state index in [1.807, 2.05) is 36.4 Å². The lowest BCUT2D eigenvalue weighted by atomic mass is 10.1. The van der Waals surface area contributed by atoms with Crippen molar-refractivity contribution in [3.8, 4) is 5.75 Å². The van der Waals surface area contributed by atoms with Crippen molar-refractivity contribution >= 4 is 11.7 Å². The minimum atomic E-state index is -0.252.